The number of rotatable bonds is 10. The number of anilines is 1. The predicted molar refractivity (Wildman–Crippen MR) is 161 cm³/mol. The molecule has 1 saturated heterocycles. The van der Waals surface area contributed by atoms with Gasteiger partial charge in [0.15, 0.2) is 11.6 Å². The van der Waals surface area contributed by atoms with E-state index in [-0.39, 0.29) is 34.8 Å². The van der Waals surface area contributed by atoms with Gasteiger partial charge in [0.25, 0.3) is 5.91 Å². The normalized spacial score (nSPS) is 18.0. The second kappa shape index (κ2) is 11.7. The first-order chi connectivity index (χ1) is 21.1. The minimum atomic E-state index is -0.825. The molecule has 2 aliphatic heterocycles. The topological polar surface area (TPSA) is 108 Å². The molecule has 1 saturated carbocycles. The number of carbonyl (C=O) groups is 2. The molecule has 6 rings (SSSR count). The van der Waals surface area contributed by atoms with Crippen LogP contribution in [0.15, 0.2) is 48.9 Å². The van der Waals surface area contributed by atoms with Gasteiger partial charge in [-0.1, -0.05) is 12.1 Å². The van der Waals surface area contributed by atoms with Crippen molar-refractivity contribution in [1.29, 1.82) is 0 Å². The molecule has 1 spiro atoms. The van der Waals surface area contributed by atoms with Crippen LogP contribution in [0.1, 0.15) is 62.0 Å². The fraction of sp³-hybridized carbons (Fsp3) is 0.455. The van der Waals surface area contributed by atoms with Crippen LogP contribution < -0.4 is 14.4 Å². The van der Waals surface area contributed by atoms with E-state index in [9.17, 15) is 19.1 Å². The van der Waals surface area contributed by atoms with Crippen LogP contribution in [0, 0.1) is 11.2 Å². The number of amides is 1. The first-order valence-corrected chi connectivity index (χ1v) is 15.1. The van der Waals surface area contributed by atoms with Gasteiger partial charge in [0.2, 0.25) is 0 Å². The van der Waals surface area contributed by atoms with Crippen LogP contribution >= 0.6 is 0 Å². The number of halogens is 1. The maximum Gasteiger partial charge on any atom is 0.320 e. The standard InChI is InChI=1S/C33H38FN5O5/c1-5-39(20(2)3)31(40)25-11-23(34)9-10-28(25)44-29-14-35-19-36-30(29)38-17-33(18-38)12-24(13-33)43-27-8-6-7-22-15-37(16-26(22)27)21(4)32(41)42/h6-11,14,19-21,24H,5,12-13,15-18H2,1-4H3,(H,41,42). The second-order valence-corrected chi connectivity index (χ2v) is 12.5. The quantitative estimate of drug-likeness (QED) is 0.338. The third-order valence-electron chi connectivity index (χ3n) is 9.11. The van der Waals surface area contributed by atoms with E-state index in [1.54, 1.807) is 18.0 Å². The van der Waals surface area contributed by atoms with Crippen molar-refractivity contribution in [3.05, 3.63) is 71.4 Å². The molecular formula is C33H38FN5O5. The Morgan fingerprint density at radius 3 is 2.59 bits per heavy atom. The molecule has 0 radical (unpaired) electrons. The summed E-state index contributed by atoms with van der Waals surface area (Å²) >= 11 is 0. The number of carboxylic acids is 1. The highest BCUT2D eigenvalue weighted by atomic mass is 19.1. The summed E-state index contributed by atoms with van der Waals surface area (Å²) in [4.78, 5) is 39.2. The van der Waals surface area contributed by atoms with Crippen molar-refractivity contribution in [2.24, 2.45) is 5.41 Å². The van der Waals surface area contributed by atoms with Crippen molar-refractivity contribution in [3.63, 3.8) is 0 Å². The van der Waals surface area contributed by atoms with Gasteiger partial charge < -0.3 is 24.4 Å². The lowest BCUT2D eigenvalue weighted by molar-refractivity contribution is -0.142. The molecule has 10 nitrogen and oxygen atoms in total. The van der Waals surface area contributed by atoms with Gasteiger partial charge in [-0.2, -0.15) is 0 Å². The Bertz CT molecular complexity index is 1570. The fourth-order valence-electron chi connectivity index (χ4n) is 6.69. The smallest absolute Gasteiger partial charge is 0.320 e. The van der Waals surface area contributed by atoms with Gasteiger partial charge in [0, 0.05) is 49.7 Å². The van der Waals surface area contributed by atoms with Crippen molar-refractivity contribution < 1.29 is 28.6 Å². The van der Waals surface area contributed by atoms with E-state index in [2.05, 4.69) is 14.9 Å². The van der Waals surface area contributed by atoms with E-state index in [0.717, 1.165) is 42.8 Å². The largest absolute Gasteiger partial charge is 0.490 e. The van der Waals surface area contributed by atoms with E-state index in [0.29, 0.717) is 31.2 Å². The molecule has 1 unspecified atom stereocenters. The highest BCUT2D eigenvalue weighted by molar-refractivity contribution is 5.97. The SMILES string of the molecule is CCN(C(=O)c1cc(F)ccc1Oc1cncnc1N1CC2(CC(Oc3cccc4c3CN(C(C)C(=O)O)C4)C2)C1)C(C)C. The molecule has 3 aliphatic rings. The lowest BCUT2D eigenvalue weighted by atomic mass is 9.61. The Morgan fingerprint density at radius 2 is 1.89 bits per heavy atom. The van der Waals surface area contributed by atoms with Crippen molar-refractivity contribution in [2.45, 2.75) is 71.8 Å². The van der Waals surface area contributed by atoms with Gasteiger partial charge in [-0.15, -0.1) is 0 Å². The average molecular weight is 604 g/mol. The average Bonchev–Trinajstić information content (AvgIpc) is 3.40. The van der Waals surface area contributed by atoms with Gasteiger partial charge in [-0.05, 0) is 70.4 Å². The third kappa shape index (κ3) is 5.56. The van der Waals surface area contributed by atoms with Crippen molar-refractivity contribution in [2.75, 3.05) is 24.5 Å². The Labute approximate surface area is 256 Å². The number of carbonyl (C=O) groups excluding carboxylic acids is 1. The lowest BCUT2D eigenvalue weighted by Gasteiger charge is -2.59. The van der Waals surface area contributed by atoms with Crippen LogP contribution in [0.4, 0.5) is 10.2 Å². The number of fused-ring (bicyclic) bond motifs is 1. The van der Waals surface area contributed by atoms with Crippen molar-refractivity contribution in [1.82, 2.24) is 19.8 Å². The highest BCUT2D eigenvalue weighted by Gasteiger charge is 2.54. The minimum absolute atomic E-state index is 0.0510. The number of carboxylic acid groups (broad SMARTS) is 1. The number of hydrogen-bond acceptors (Lipinski definition) is 8. The van der Waals surface area contributed by atoms with Crippen LogP contribution in [-0.4, -0.2) is 74.6 Å². The Balaban J connectivity index is 1.10. The van der Waals surface area contributed by atoms with E-state index in [4.69, 9.17) is 9.47 Å². The molecule has 1 aromatic heterocycles. The summed E-state index contributed by atoms with van der Waals surface area (Å²) in [5.74, 6) is 0.495. The molecule has 44 heavy (non-hydrogen) atoms. The molecule has 2 fully saturated rings. The van der Waals surface area contributed by atoms with Crippen LogP contribution in [0.3, 0.4) is 0 Å². The summed E-state index contributed by atoms with van der Waals surface area (Å²) in [6.45, 7) is 10.7. The highest BCUT2D eigenvalue weighted by Crippen LogP contribution is 2.52. The summed E-state index contributed by atoms with van der Waals surface area (Å²) in [5.41, 5.74) is 2.47. The molecule has 1 N–H and O–H groups in total. The van der Waals surface area contributed by atoms with Gasteiger partial charge in [0.05, 0.1) is 11.8 Å². The van der Waals surface area contributed by atoms with Crippen LogP contribution in [-0.2, 0) is 17.9 Å². The number of aromatic nitrogens is 2. The molecule has 1 aliphatic carbocycles. The minimum Gasteiger partial charge on any atom is -0.490 e. The first kappa shape index (κ1) is 29.8. The zero-order chi connectivity index (χ0) is 31.2. The monoisotopic (exact) mass is 603 g/mol. The number of nitrogens with zero attached hydrogens (tertiary/aromatic N) is 5. The van der Waals surface area contributed by atoms with Gasteiger partial charge in [0.1, 0.15) is 35.8 Å². The number of ether oxygens (including phenoxy) is 2. The predicted octanol–water partition coefficient (Wildman–Crippen LogP) is 5.12. The van der Waals surface area contributed by atoms with Crippen LogP contribution in [0.2, 0.25) is 0 Å². The molecule has 0 bridgehead atoms. The number of hydrogen-bond donors (Lipinski definition) is 1. The zero-order valence-corrected chi connectivity index (χ0v) is 25.5. The molecule has 3 aromatic rings. The maximum absolute atomic E-state index is 14.2. The maximum atomic E-state index is 14.2. The van der Waals surface area contributed by atoms with E-state index in [1.807, 2.05) is 43.9 Å². The van der Waals surface area contributed by atoms with Crippen molar-refractivity contribution >= 4 is 17.7 Å². The van der Waals surface area contributed by atoms with E-state index < -0.39 is 17.8 Å². The third-order valence-corrected chi connectivity index (χ3v) is 9.11. The molecule has 3 heterocycles. The molecular weight excluding hydrogens is 565 g/mol. The Hall–Kier alpha value is -4.25. The van der Waals surface area contributed by atoms with E-state index >= 15 is 0 Å². The number of aliphatic carboxylic acids is 1. The molecule has 11 heteroatoms. The zero-order valence-electron chi connectivity index (χ0n) is 25.5. The molecule has 1 atom stereocenters. The summed E-state index contributed by atoms with van der Waals surface area (Å²) in [6, 6.07) is 9.35. The Morgan fingerprint density at radius 1 is 1.11 bits per heavy atom. The lowest BCUT2D eigenvalue weighted by Crippen LogP contribution is -2.65. The second-order valence-electron chi connectivity index (χ2n) is 12.5. The number of benzene rings is 2. The molecule has 2 aromatic carbocycles. The van der Waals surface area contributed by atoms with Crippen LogP contribution in [0.25, 0.3) is 0 Å². The molecule has 1 amide bonds. The first-order valence-electron chi connectivity index (χ1n) is 15.1. The van der Waals surface area contributed by atoms with Gasteiger partial charge in [-0.25, -0.2) is 14.4 Å². The summed E-state index contributed by atoms with van der Waals surface area (Å²) in [5, 5.41) is 9.44. The molecule has 232 valence electrons. The van der Waals surface area contributed by atoms with Crippen LogP contribution in [0.5, 0.6) is 17.2 Å². The van der Waals surface area contributed by atoms with Gasteiger partial charge >= 0.3 is 5.97 Å². The summed E-state index contributed by atoms with van der Waals surface area (Å²) < 4.78 is 26.9. The summed E-state index contributed by atoms with van der Waals surface area (Å²) in [7, 11) is 0. The van der Waals surface area contributed by atoms with Crippen molar-refractivity contribution in [3.8, 4) is 17.2 Å². The fourth-order valence-corrected chi connectivity index (χ4v) is 6.69. The summed E-state index contributed by atoms with van der Waals surface area (Å²) in [6.07, 6.45) is 4.94. The van der Waals surface area contributed by atoms with Gasteiger partial charge in [-0.3, -0.25) is 14.5 Å². The van der Waals surface area contributed by atoms with E-state index in [1.165, 1.54) is 24.5 Å². The Kier molecular flexibility index (Phi) is 7.91.